The number of hydrogen-bond donors (Lipinski definition) is 1. The van der Waals surface area contributed by atoms with E-state index in [2.05, 4.69) is 29.9 Å². The molecule has 3 aromatic rings. The molecule has 5 heteroatoms. The minimum Gasteiger partial charge on any atom is -0.350 e. The molecule has 2 atom stereocenters. The van der Waals surface area contributed by atoms with Gasteiger partial charge in [0.15, 0.2) is 0 Å². The lowest BCUT2D eigenvalue weighted by Gasteiger charge is -2.22. The van der Waals surface area contributed by atoms with Crippen LogP contribution in [0.2, 0.25) is 0 Å². The van der Waals surface area contributed by atoms with Crippen molar-refractivity contribution < 1.29 is 4.90 Å². The van der Waals surface area contributed by atoms with Gasteiger partial charge in [0, 0.05) is 38.3 Å². The van der Waals surface area contributed by atoms with E-state index in [0.717, 1.165) is 30.0 Å². The summed E-state index contributed by atoms with van der Waals surface area (Å²) in [5.41, 5.74) is 4.06. The summed E-state index contributed by atoms with van der Waals surface area (Å²) >= 11 is 0. The van der Waals surface area contributed by atoms with Crippen molar-refractivity contribution in [1.29, 1.82) is 0 Å². The maximum absolute atomic E-state index is 12.4. The zero-order valence-electron chi connectivity index (χ0n) is 14.2. The first-order valence-electron chi connectivity index (χ1n) is 8.56. The Labute approximate surface area is 141 Å². The number of rotatable bonds is 3. The summed E-state index contributed by atoms with van der Waals surface area (Å²) in [5, 5.41) is 0. The van der Waals surface area contributed by atoms with Crippen LogP contribution in [0.1, 0.15) is 35.8 Å². The standard InChI is InChI=1S/C19H22N4O/c1-14-7-8-18-20-15(11-19(24)23(18)12-14)13-22-10-4-6-17(22)16-5-3-9-21(16)2/h3,5,7-9,11-12,17H,4,6,10,13H2,1-2H3/p+1/t17-/m1/s1. The van der Waals surface area contributed by atoms with Gasteiger partial charge in [-0.15, -0.1) is 0 Å². The van der Waals surface area contributed by atoms with Gasteiger partial charge < -0.3 is 9.47 Å². The van der Waals surface area contributed by atoms with Crippen molar-refractivity contribution in [3.63, 3.8) is 0 Å². The van der Waals surface area contributed by atoms with Crippen LogP contribution in [-0.2, 0) is 13.6 Å². The fourth-order valence-electron chi connectivity index (χ4n) is 3.90. The van der Waals surface area contributed by atoms with Crippen LogP contribution >= 0.6 is 0 Å². The average molecular weight is 323 g/mol. The van der Waals surface area contributed by atoms with Gasteiger partial charge in [-0.2, -0.15) is 0 Å². The molecule has 1 saturated heterocycles. The molecule has 0 radical (unpaired) electrons. The normalized spacial score (nSPS) is 20.8. The van der Waals surface area contributed by atoms with Crippen molar-refractivity contribution in [3.05, 3.63) is 70.0 Å². The summed E-state index contributed by atoms with van der Waals surface area (Å²) in [5.74, 6) is 0. The van der Waals surface area contributed by atoms with E-state index in [-0.39, 0.29) is 5.56 Å². The highest BCUT2D eigenvalue weighted by Crippen LogP contribution is 2.19. The zero-order valence-corrected chi connectivity index (χ0v) is 14.2. The highest BCUT2D eigenvalue weighted by molar-refractivity contribution is 5.39. The van der Waals surface area contributed by atoms with E-state index in [4.69, 9.17) is 4.98 Å². The van der Waals surface area contributed by atoms with Crippen LogP contribution in [0.15, 0.2) is 47.5 Å². The molecule has 0 amide bonds. The van der Waals surface area contributed by atoms with E-state index in [1.165, 1.54) is 23.4 Å². The van der Waals surface area contributed by atoms with Crippen molar-refractivity contribution in [1.82, 2.24) is 14.0 Å². The van der Waals surface area contributed by atoms with Gasteiger partial charge in [0.25, 0.3) is 5.56 Å². The molecular formula is C19H23N4O+. The molecule has 1 fully saturated rings. The number of pyridine rings is 1. The first-order chi connectivity index (χ1) is 11.6. The summed E-state index contributed by atoms with van der Waals surface area (Å²) in [7, 11) is 2.11. The molecule has 1 aliphatic heterocycles. The summed E-state index contributed by atoms with van der Waals surface area (Å²) in [4.78, 5) is 18.6. The lowest BCUT2D eigenvalue weighted by Crippen LogP contribution is -3.09. The van der Waals surface area contributed by atoms with Crippen LogP contribution in [0.25, 0.3) is 5.65 Å². The van der Waals surface area contributed by atoms with Crippen LogP contribution in [0, 0.1) is 6.92 Å². The second-order valence-electron chi connectivity index (χ2n) is 6.84. The summed E-state index contributed by atoms with van der Waals surface area (Å²) in [6, 6.07) is 10.4. The summed E-state index contributed by atoms with van der Waals surface area (Å²) < 4.78 is 3.84. The van der Waals surface area contributed by atoms with Crippen molar-refractivity contribution in [3.8, 4) is 0 Å². The van der Waals surface area contributed by atoms with Gasteiger partial charge in [-0.25, -0.2) is 4.98 Å². The van der Waals surface area contributed by atoms with Crippen molar-refractivity contribution in [2.24, 2.45) is 7.05 Å². The third-order valence-electron chi connectivity index (χ3n) is 5.09. The monoisotopic (exact) mass is 323 g/mol. The maximum Gasteiger partial charge on any atom is 0.258 e. The van der Waals surface area contributed by atoms with E-state index in [1.54, 1.807) is 10.5 Å². The molecule has 0 spiro atoms. The van der Waals surface area contributed by atoms with Crippen molar-refractivity contribution in [2.45, 2.75) is 32.4 Å². The lowest BCUT2D eigenvalue weighted by atomic mass is 10.1. The average Bonchev–Trinajstić information content (AvgIpc) is 3.16. The quantitative estimate of drug-likeness (QED) is 0.789. The molecule has 1 unspecified atom stereocenters. The molecule has 1 N–H and O–H groups in total. The van der Waals surface area contributed by atoms with E-state index in [9.17, 15) is 4.79 Å². The predicted octanol–water partition coefficient (Wildman–Crippen LogP) is 1.26. The maximum atomic E-state index is 12.4. The Hall–Kier alpha value is -2.40. The molecule has 5 nitrogen and oxygen atoms in total. The molecule has 24 heavy (non-hydrogen) atoms. The van der Waals surface area contributed by atoms with Gasteiger partial charge in [-0.1, -0.05) is 6.07 Å². The zero-order chi connectivity index (χ0) is 16.7. The van der Waals surface area contributed by atoms with Gasteiger partial charge in [-0.05, 0) is 30.7 Å². The second kappa shape index (κ2) is 5.91. The highest BCUT2D eigenvalue weighted by Gasteiger charge is 2.31. The Morgan fingerprint density at radius 3 is 3.00 bits per heavy atom. The minimum atomic E-state index is 0.00714. The molecule has 0 bridgehead atoms. The number of nitrogens with zero attached hydrogens (tertiary/aromatic N) is 3. The SMILES string of the molecule is Cc1ccc2nc(C[NH+]3CCC[C@@H]3c3cccn3C)cc(=O)n2c1. The van der Waals surface area contributed by atoms with E-state index in [1.807, 2.05) is 25.3 Å². The molecule has 3 aromatic heterocycles. The number of aromatic nitrogens is 3. The fraction of sp³-hybridized carbons (Fsp3) is 0.368. The number of quaternary nitrogens is 1. The number of likely N-dealkylation sites (tertiary alicyclic amines) is 1. The van der Waals surface area contributed by atoms with Crippen molar-refractivity contribution in [2.75, 3.05) is 6.54 Å². The van der Waals surface area contributed by atoms with E-state index >= 15 is 0 Å². The van der Waals surface area contributed by atoms with Gasteiger partial charge in [0.05, 0.1) is 12.2 Å². The van der Waals surface area contributed by atoms with Gasteiger partial charge in [-0.3, -0.25) is 9.20 Å². The minimum absolute atomic E-state index is 0.00714. The van der Waals surface area contributed by atoms with Gasteiger partial charge in [0.2, 0.25) is 0 Å². The third kappa shape index (κ3) is 2.65. The van der Waals surface area contributed by atoms with Crippen molar-refractivity contribution >= 4 is 5.65 Å². The Kier molecular flexibility index (Phi) is 3.73. The molecule has 0 aromatic carbocycles. The number of hydrogen-bond acceptors (Lipinski definition) is 2. The topological polar surface area (TPSA) is 43.7 Å². The van der Waals surface area contributed by atoms with E-state index in [0.29, 0.717) is 6.04 Å². The van der Waals surface area contributed by atoms with Crippen LogP contribution in [-0.4, -0.2) is 20.5 Å². The van der Waals surface area contributed by atoms with Crippen LogP contribution in [0.5, 0.6) is 0 Å². The number of aryl methyl sites for hydroxylation is 2. The Bertz CT molecular complexity index is 940. The smallest absolute Gasteiger partial charge is 0.258 e. The van der Waals surface area contributed by atoms with E-state index < -0.39 is 0 Å². The molecule has 4 rings (SSSR count). The van der Waals surface area contributed by atoms with Gasteiger partial charge >= 0.3 is 0 Å². The highest BCUT2D eigenvalue weighted by atomic mass is 16.1. The van der Waals surface area contributed by atoms with Gasteiger partial charge in [0.1, 0.15) is 23.9 Å². The van der Waals surface area contributed by atoms with Crippen LogP contribution in [0.4, 0.5) is 0 Å². The summed E-state index contributed by atoms with van der Waals surface area (Å²) in [6.07, 6.45) is 6.37. The molecule has 124 valence electrons. The molecule has 0 saturated carbocycles. The molecule has 0 aliphatic carbocycles. The largest absolute Gasteiger partial charge is 0.350 e. The Morgan fingerprint density at radius 2 is 2.21 bits per heavy atom. The third-order valence-corrected chi connectivity index (χ3v) is 5.09. The van der Waals surface area contributed by atoms with Crippen LogP contribution in [0.3, 0.4) is 0 Å². The fourth-order valence-corrected chi connectivity index (χ4v) is 3.90. The summed E-state index contributed by atoms with van der Waals surface area (Å²) in [6.45, 7) is 3.92. The number of fused-ring (bicyclic) bond motifs is 1. The first kappa shape index (κ1) is 15.1. The predicted molar refractivity (Wildman–Crippen MR) is 93.1 cm³/mol. The Balaban J connectivity index is 1.65. The second-order valence-corrected chi connectivity index (χ2v) is 6.84. The van der Waals surface area contributed by atoms with Crippen LogP contribution < -0.4 is 10.5 Å². The Morgan fingerprint density at radius 1 is 1.33 bits per heavy atom. The molecule has 4 heterocycles. The first-order valence-corrected chi connectivity index (χ1v) is 8.56. The molecular weight excluding hydrogens is 300 g/mol. The molecule has 1 aliphatic rings. The lowest BCUT2D eigenvalue weighted by molar-refractivity contribution is -0.932. The number of nitrogens with one attached hydrogen (secondary N) is 1.